The van der Waals surface area contributed by atoms with Crippen molar-refractivity contribution in [1.82, 2.24) is 29.7 Å². The molecule has 0 saturated heterocycles. The Kier molecular flexibility index (Phi) is 4.36. The average molecular weight is 351 g/mol. The van der Waals surface area contributed by atoms with E-state index >= 15 is 0 Å². The van der Waals surface area contributed by atoms with Gasteiger partial charge in [-0.25, -0.2) is 23.7 Å². The van der Waals surface area contributed by atoms with Gasteiger partial charge in [-0.05, 0) is 6.92 Å². The maximum Gasteiger partial charge on any atom is 0.246 e. The van der Waals surface area contributed by atoms with Crippen molar-refractivity contribution in [2.75, 3.05) is 18.5 Å². The second-order valence-electron chi connectivity index (χ2n) is 6.68. The maximum atomic E-state index is 13.2. The minimum atomic E-state index is -1.01. The molecule has 3 heterocycles. The molecule has 0 aliphatic heterocycles. The van der Waals surface area contributed by atoms with E-state index in [2.05, 4.69) is 25.1 Å². The lowest BCUT2D eigenvalue weighted by molar-refractivity contribution is 0.368. The first-order valence-corrected chi connectivity index (χ1v) is 7.73. The van der Waals surface area contributed by atoms with E-state index in [1.165, 1.54) is 6.33 Å². The van der Waals surface area contributed by atoms with Crippen LogP contribution in [0.15, 0.2) is 10.9 Å². The molecule has 3 aromatic heterocycles. The van der Waals surface area contributed by atoms with Crippen LogP contribution in [0.1, 0.15) is 38.3 Å². The Morgan fingerprint density at radius 3 is 2.44 bits per heavy atom. The summed E-state index contributed by atoms with van der Waals surface area (Å²) in [6.45, 7) is 5.73. The summed E-state index contributed by atoms with van der Waals surface area (Å²) in [6.07, 6.45) is 1.52. The van der Waals surface area contributed by atoms with Crippen LogP contribution in [0.5, 0.6) is 0 Å². The summed E-state index contributed by atoms with van der Waals surface area (Å²) in [4.78, 5) is 18.2. The summed E-state index contributed by atoms with van der Waals surface area (Å²) in [6, 6.07) is 0. The molecule has 0 aliphatic rings. The fraction of sp³-hybridized carbons (Fsp3) is 0.533. The highest BCUT2D eigenvalue weighted by Gasteiger charge is 2.24. The van der Waals surface area contributed by atoms with Crippen molar-refractivity contribution in [3.8, 4) is 0 Å². The van der Waals surface area contributed by atoms with Gasteiger partial charge in [0.05, 0.1) is 6.33 Å². The van der Waals surface area contributed by atoms with Gasteiger partial charge in [0.2, 0.25) is 5.89 Å². The van der Waals surface area contributed by atoms with Crippen molar-refractivity contribution < 1.29 is 13.3 Å². The van der Waals surface area contributed by atoms with Crippen LogP contribution >= 0.6 is 0 Å². The number of rotatable bonds is 5. The molecule has 0 bridgehead atoms. The Morgan fingerprint density at radius 1 is 1.16 bits per heavy atom. The van der Waals surface area contributed by atoms with Gasteiger partial charge < -0.3 is 9.09 Å². The number of alkyl halides is 2. The highest BCUT2D eigenvalue weighted by atomic mass is 19.1. The molecule has 0 aliphatic carbocycles. The van der Waals surface area contributed by atoms with Crippen molar-refractivity contribution in [1.29, 1.82) is 0 Å². The van der Waals surface area contributed by atoms with Crippen LogP contribution in [0.4, 0.5) is 14.6 Å². The molecule has 0 atom stereocenters. The van der Waals surface area contributed by atoms with Crippen LogP contribution < -0.4 is 4.90 Å². The molecule has 3 rings (SSSR count). The van der Waals surface area contributed by atoms with Gasteiger partial charge in [0.1, 0.15) is 12.4 Å². The fourth-order valence-electron chi connectivity index (χ4n) is 2.30. The molecule has 8 nitrogen and oxygen atoms in total. The Morgan fingerprint density at radius 2 is 1.88 bits per heavy atom. The van der Waals surface area contributed by atoms with Gasteiger partial charge in [0, 0.05) is 5.41 Å². The van der Waals surface area contributed by atoms with E-state index in [1.54, 1.807) is 11.5 Å². The third-order valence-corrected chi connectivity index (χ3v) is 3.58. The highest BCUT2D eigenvalue weighted by Crippen LogP contribution is 2.28. The standard InChI is InChI=1S/C15H19F2N7O/c1-9-19-10(25-22-9)5-23-8-18-11-12(23)20-14(15(2,3)4)21-13(11)24(6-16)7-17/h8H,5-7H2,1-4H3. The Bertz CT molecular complexity index is 880. The maximum absolute atomic E-state index is 13.2. The fourth-order valence-corrected chi connectivity index (χ4v) is 2.30. The summed E-state index contributed by atoms with van der Waals surface area (Å²) < 4.78 is 33.2. The third-order valence-electron chi connectivity index (χ3n) is 3.58. The zero-order valence-electron chi connectivity index (χ0n) is 14.5. The largest absolute Gasteiger partial charge is 0.337 e. The highest BCUT2D eigenvalue weighted by molar-refractivity contribution is 5.83. The van der Waals surface area contributed by atoms with Crippen LogP contribution in [0.3, 0.4) is 0 Å². The quantitative estimate of drug-likeness (QED) is 0.653. The Labute approximate surface area is 142 Å². The molecular formula is C15H19F2N7O. The summed E-state index contributed by atoms with van der Waals surface area (Å²) in [5.41, 5.74) is 0.370. The number of imidazole rings is 1. The van der Waals surface area contributed by atoms with E-state index < -0.39 is 19.0 Å². The molecule has 0 aromatic carbocycles. The number of hydrogen-bond donors (Lipinski definition) is 0. The van der Waals surface area contributed by atoms with Gasteiger partial charge in [-0.3, -0.25) is 4.90 Å². The lowest BCUT2D eigenvalue weighted by Gasteiger charge is -2.21. The third kappa shape index (κ3) is 3.28. The van der Waals surface area contributed by atoms with E-state index in [0.29, 0.717) is 28.7 Å². The number of hydrogen-bond acceptors (Lipinski definition) is 7. The number of nitrogens with zero attached hydrogens (tertiary/aromatic N) is 7. The first kappa shape index (κ1) is 17.2. The zero-order chi connectivity index (χ0) is 18.2. The molecule has 0 spiro atoms. The molecule has 0 amide bonds. The van der Waals surface area contributed by atoms with Gasteiger partial charge >= 0.3 is 0 Å². The molecule has 0 radical (unpaired) electrons. The molecule has 0 fully saturated rings. The van der Waals surface area contributed by atoms with Gasteiger partial charge in [-0.1, -0.05) is 25.9 Å². The van der Waals surface area contributed by atoms with E-state index in [-0.39, 0.29) is 12.4 Å². The van der Waals surface area contributed by atoms with Crippen LogP contribution in [0.2, 0.25) is 0 Å². The molecule has 134 valence electrons. The molecule has 0 N–H and O–H groups in total. The van der Waals surface area contributed by atoms with E-state index in [4.69, 9.17) is 4.52 Å². The second-order valence-corrected chi connectivity index (χ2v) is 6.68. The van der Waals surface area contributed by atoms with Crippen molar-refractivity contribution in [3.63, 3.8) is 0 Å². The monoisotopic (exact) mass is 351 g/mol. The summed E-state index contributed by atoms with van der Waals surface area (Å²) in [7, 11) is 0. The average Bonchev–Trinajstić information content (AvgIpc) is 3.14. The van der Waals surface area contributed by atoms with E-state index in [0.717, 1.165) is 4.90 Å². The topological polar surface area (TPSA) is 85.8 Å². The lowest BCUT2D eigenvalue weighted by Crippen LogP contribution is -2.25. The smallest absolute Gasteiger partial charge is 0.246 e. The van der Waals surface area contributed by atoms with Crippen molar-refractivity contribution in [2.24, 2.45) is 0 Å². The van der Waals surface area contributed by atoms with Gasteiger partial charge in [0.25, 0.3) is 0 Å². The molecule has 0 saturated carbocycles. The predicted molar refractivity (Wildman–Crippen MR) is 86.6 cm³/mol. The van der Waals surface area contributed by atoms with Gasteiger partial charge in [0.15, 0.2) is 36.4 Å². The SMILES string of the molecule is Cc1noc(Cn2cnc3c(N(CF)CF)nc(C(C)(C)C)nc32)n1. The van der Waals surface area contributed by atoms with Crippen LogP contribution in [0, 0.1) is 6.92 Å². The zero-order valence-corrected chi connectivity index (χ0v) is 14.5. The number of aryl methyl sites for hydroxylation is 1. The molecule has 0 unspecified atom stereocenters. The van der Waals surface area contributed by atoms with Crippen molar-refractivity contribution in [2.45, 2.75) is 39.7 Å². The molecule has 3 aromatic rings. The van der Waals surface area contributed by atoms with E-state index in [9.17, 15) is 8.78 Å². The summed E-state index contributed by atoms with van der Waals surface area (Å²) >= 11 is 0. The predicted octanol–water partition coefficient (Wildman–Crippen LogP) is 2.52. The molecule has 10 heteroatoms. The number of anilines is 1. The van der Waals surface area contributed by atoms with Crippen LogP contribution in [0.25, 0.3) is 11.2 Å². The van der Waals surface area contributed by atoms with Crippen LogP contribution in [-0.2, 0) is 12.0 Å². The number of aromatic nitrogens is 6. The first-order valence-electron chi connectivity index (χ1n) is 7.73. The minimum Gasteiger partial charge on any atom is -0.337 e. The van der Waals surface area contributed by atoms with E-state index in [1.807, 2.05) is 20.8 Å². The summed E-state index contributed by atoms with van der Waals surface area (Å²) in [5, 5.41) is 3.75. The minimum absolute atomic E-state index is 0.125. The number of fused-ring (bicyclic) bond motifs is 1. The first-order chi connectivity index (χ1) is 11.8. The van der Waals surface area contributed by atoms with Crippen molar-refractivity contribution >= 4 is 17.0 Å². The second kappa shape index (κ2) is 6.34. The Hall–Kier alpha value is -2.65. The van der Waals surface area contributed by atoms with Gasteiger partial charge in [-0.15, -0.1) is 0 Å². The van der Waals surface area contributed by atoms with Gasteiger partial charge in [-0.2, -0.15) is 4.98 Å². The van der Waals surface area contributed by atoms with Crippen molar-refractivity contribution in [3.05, 3.63) is 23.9 Å². The van der Waals surface area contributed by atoms with Crippen LogP contribution in [-0.4, -0.2) is 43.3 Å². The summed E-state index contributed by atoms with van der Waals surface area (Å²) in [5.74, 6) is 1.50. The Balaban J connectivity index is 2.15. The normalized spacial score (nSPS) is 12.1. The lowest BCUT2D eigenvalue weighted by atomic mass is 9.96. The number of halogens is 2. The molecule has 25 heavy (non-hydrogen) atoms. The molecular weight excluding hydrogens is 332 g/mol.